The number of anilines is 1. The van der Waals surface area contributed by atoms with Gasteiger partial charge in [-0.1, -0.05) is 6.08 Å². The molecule has 3 rings (SSSR count). The first-order valence-electron chi connectivity index (χ1n) is 8.07. The topological polar surface area (TPSA) is 92.8 Å². The Bertz CT molecular complexity index is 963. The van der Waals surface area contributed by atoms with Crippen LogP contribution in [-0.4, -0.2) is 42.2 Å². The van der Waals surface area contributed by atoms with E-state index in [1.54, 1.807) is 12.1 Å². The fourth-order valence-electron chi connectivity index (χ4n) is 2.74. The molecule has 7 nitrogen and oxygen atoms in total. The summed E-state index contributed by atoms with van der Waals surface area (Å²) in [5.74, 6) is -1.77. The first kappa shape index (κ1) is 18.1. The molecule has 0 bridgehead atoms. The highest BCUT2D eigenvalue weighted by Gasteiger charge is 2.35. The van der Waals surface area contributed by atoms with Gasteiger partial charge in [-0.05, 0) is 42.5 Å². The Morgan fingerprint density at radius 2 is 1.67 bits per heavy atom. The number of carbonyl (C=O) groups is 4. The summed E-state index contributed by atoms with van der Waals surface area (Å²) in [6.45, 7) is 3.64. The number of benzene rings is 2. The van der Waals surface area contributed by atoms with Gasteiger partial charge in [0, 0.05) is 17.8 Å². The van der Waals surface area contributed by atoms with E-state index in [-0.39, 0.29) is 23.2 Å². The third-order valence-corrected chi connectivity index (χ3v) is 4.11. The summed E-state index contributed by atoms with van der Waals surface area (Å²) in [6, 6.07) is 10.5. The van der Waals surface area contributed by atoms with Crippen LogP contribution in [0.15, 0.2) is 55.1 Å². The highest BCUT2D eigenvalue weighted by molar-refractivity contribution is 6.22. The molecule has 0 fully saturated rings. The number of nitrogens with zero attached hydrogens (tertiary/aromatic N) is 1. The molecule has 2 aromatic carbocycles. The van der Waals surface area contributed by atoms with E-state index in [4.69, 9.17) is 0 Å². The Morgan fingerprint density at radius 3 is 2.30 bits per heavy atom. The third-order valence-electron chi connectivity index (χ3n) is 4.11. The predicted molar refractivity (Wildman–Crippen MR) is 97.7 cm³/mol. The summed E-state index contributed by atoms with van der Waals surface area (Å²) in [6.07, 6.45) is 1.47. The second-order valence-corrected chi connectivity index (χ2v) is 5.79. The van der Waals surface area contributed by atoms with Crippen molar-refractivity contribution in [3.05, 3.63) is 77.4 Å². The molecule has 0 radical (unpaired) electrons. The maximum absolute atomic E-state index is 12.5. The lowest BCUT2D eigenvalue weighted by atomic mass is 10.1. The molecule has 0 saturated heterocycles. The molecule has 0 atom stereocenters. The lowest BCUT2D eigenvalue weighted by Crippen LogP contribution is -2.29. The van der Waals surface area contributed by atoms with Crippen LogP contribution >= 0.6 is 0 Å². The number of nitrogens with one attached hydrogen (secondary N) is 1. The fourth-order valence-corrected chi connectivity index (χ4v) is 2.74. The number of carbonyl (C=O) groups excluding carboxylic acids is 4. The van der Waals surface area contributed by atoms with Crippen LogP contribution in [0, 0.1) is 0 Å². The third kappa shape index (κ3) is 3.35. The molecule has 0 aromatic heterocycles. The lowest BCUT2D eigenvalue weighted by Gasteiger charge is -2.09. The van der Waals surface area contributed by atoms with E-state index in [1.807, 2.05) is 0 Å². The van der Waals surface area contributed by atoms with Crippen molar-refractivity contribution in [1.29, 1.82) is 0 Å². The molecule has 0 saturated carbocycles. The van der Waals surface area contributed by atoms with Crippen LogP contribution in [0.3, 0.4) is 0 Å². The van der Waals surface area contributed by atoms with Gasteiger partial charge in [-0.2, -0.15) is 0 Å². The fraction of sp³-hybridized carbons (Fsp3) is 0.100. The van der Waals surface area contributed by atoms with Crippen molar-refractivity contribution < 1.29 is 23.9 Å². The van der Waals surface area contributed by atoms with Crippen LogP contribution in [-0.2, 0) is 4.74 Å². The van der Waals surface area contributed by atoms with Gasteiger partial charge in [-0.15, -0.1) is 6.58 Å². The predicted octanol–water partition coefficient (Wildman–Crippen LogP) is 2.51. The van der Waals surface area contributed by atoms with E-state index in [0.29, 0.717) is 11.3 Å². The molecule has 1 aliphatic heterocycles. The largest absolute Gasteiger partial charge is 0.465 e. The number of ether oxygens (including phenoxy) is 1. The zero-order chi connectivity index (χ0) is 19.6. The van der Waals surface area contributed by atoms with Crippen LogP contribution < -0.4 is 5.32 Å². The number of rotatable bonds is 5. The molecule has 0 aliphatic carbocycles. The highest BCUT2D eigenvalue weighted by atomic mass is 16.5. The summed E-state index contributed by atoms with van der Waals surface area (Å²) < 4.78 is 4.62. The molecule has 3 amide bonds. The summed E-state index contributed by atoms with van der Waals surface area (Å²) in [4.78, 5) is 49.5. The lowest BCUT2D eigenvalue weighted by molar-refractivity contribution is 0.0599. The number of esters is 1. The molecular formula is C20H16N2O5. The summed E-state index contributed by atoms with van der Waals surface area (Å²) in [7, 11) is 1.29. The van der Waals surface area contributed by atoms with Gasteiger partial charge in [0.25, 0.3) is 17.7 Å². The Morgan fingerprint density at radius 1 is 1.04 bits per heavy atom. The molecule has 2 aromatic rings. The Hall–Kier alpha value is -3.74. The standard InChI is InChI=1S/C20H16N2O5/c1-3-10-22-18(24)15-9-6-13(11-16(15)19(22)25)17(23)21-14-7-4-12(5-8-14)20(26)27-2/h3-9,11H,1,10H2,2H3,(H,21,23). The summed E-state index contributed by atoms with van der Waals surface area (Å²) >= 11 is 0. The Balaban J connectivity index is 1.79. The molecule has 1 N–H and O–H groups in total. The quantitative estimate of drug-likeness (QED) is 0.500. The maximum atomic E-state index is 12.5. The maximum Gasteiger partial charge on any atom is 0.337 e. The van der Waals surface area contributed by atoms with E-state index >= 15 is 0 Å². The van der Waals surface area contributed by atoms with Crippen molar-refractivity contribution in [3.8, 4) is 0 Å². The van der Waals surface area contributed by atoms with Crippen LogP contribution in [0.1, 0.15) is 41.4 Å². The molecule has 0 spiro atoms. The Kier molecular flexibility index (Phi) is 4.85. The van der Waals surface area contributed by atoms with Crippen molar-refractivity contribution in [2.75, 3.05) is 19.0 Å². The van der Waals surface area contributed by atoms with Gasteiger partial charge in [0.05, 0.1) is 23.8 Å². The molecule has 0 unspecified atom stereocenters. The number of amides is 3. The van der Waals surface area contributed by atoms with Gasteiger partial charge in [-0.25, -0.2) is 4.79 Å². The number of methoxy groups -OCH3 is 1. The number of hydrogen-bond donors (Lipinski definition) is 1. The zero-order valence-corrected chi connectivity index (χ0v) is 14.5. The molecule has 27 heavy (non-hydrogen) atoms. The van der Waals surface area contributed by atoms with E-state index in [1.165, 1.54) is 43.5 Å². The van der Waals surface area contributed by atoms with E-state index in [2.05, 4.69) is 16.6 Å². The second-order valence-electron chi connectivity index (χ2n) is 5.79. The van der Waals surface area contributed by atoms with Gasteiger partial charge in [0.15, 0.2) is 0 Å². The van der Waals surface area contributed by atoms with Crippen molar-refractivity contribution in [2.24, 2.45) is 0 Å². The zero-order valence-electron chi connectivity index (χ0n) is 14.5. The summed E-state index contributed by atoms with van der Waals surface area (Å²) in [5.41, 5.74) is 1.53. The first-order chi connectivity index (χ1) is 13.0. The molecule has 1 heterocycles. The van der Waals surface area contributed by atoms with Gasteiger partial charge in [0.2, 0.25) is 0 Å². The molecule has 136 valence electrons. The first-order valence-corrected chi connectivity index (χ1v) is 8.07. The van der Waals surface area contributed by atoms with Crippen molar-refractivity contribution >= 4 is 29.4 Å². The van der Waals surface area contributed by atoms with Crippen LogP contribution in [0.2, 0.25) is 0 Å². The minimum atomic E-state index is -0.473. The van der Waals surface area contributed by atoms with Gasteiger partial charge >= 0.3 is 5.97 Å². The Labute approximate surface area is 155 Å². The van der Waals surface area contributed by atoms with Gasteiger partial charge < -0.3 is 10.1 Å². The number of hydrogen-bond acceptors (Lipinski definition) is 5. The minimum Gasteiger partial charge on any atom is -0.465 e. The normalized spacial score (nSPS) is 12.6. The SMILES string of the molecule is C=CCN1C(=O)c2ccc(C(=O)Nc3ccc(C(=O)OC)cc3)cc2C1=O. The monoisotopic (exact) mass is 364 g/mol. The number of imide groups is 1. The van der Waals surface area contributed by atoms with Crippen LogP contribution in [0.5, 0.6) is 0 Å². The second kappa shape index (κ2) is 7.25. The van der Waals surface area contributed by atoms with Crippen molar-refractivity contribution in [2.45, 2.75) is 0 Å². The van der Waals surface area contributed by atoms with E-state index in [0.717, 1.165) is 4.90 Å². The van der Waals surface area contributed by atoms with Gasteiger partial charge in [-0.3, -0.25) is 19.3 Å². The van der Waals surface area contributed by atoms with E-state index in [9.17, 15) is 19.2 Å². The molecule has 7 heteroatoms. The number of fused-ring (bicyclic) bond motifs is 1. The average Bonchev–Trinajstić information content (AvgIpc) is 2.92. The average molecular weight is 364 g/mol. The smallest absolute Gasteiger partial charge is 0.337 e. The molecular weight excluding hydrogens is 348 g/mol. The van der Waals surface area contributed by atoms with Crippen molar-refractivity contribution in [3.63, 3.8) is 0 Å². The molecule has 1 aliphatic rings. The highest BCUT2D eigenvalue weighted by Crippen LogP contribution is 2.24. The summed E-state index contributed by atoms with van der Waals surface area (Å²) in [5, 5.41) is 2.68. The van der Waals surface area contributed by atoms with Crippen LogP contribution in [0.25, 0.3) is 0 Å². The van der Waals surface area contributed by atoms with E-state index < -0.39 is 23.7 Å². The minimum absolute atomic E-state index is 0.112. The van der Waals surface area contributed by atoms with Gasteiger partial charge in [0.1, 0.15) is 0 Å². The van der Waals surface area contributed by atoms with Crippen LogP contribution in [0.4, 0.5) is 5.69 Å². The van der Waals surface area contributed by atoms with Crippen molar-refractivity contribution in [1.82, 2.24) is 4.90 Å².